The summed E-state index contributed by atoms with van der Waals surface area (Å²) in [6, 6.07) is 0. The monoisotopic (exact) mass is 274 g/mol. The molecule has 2 unspecified atom stereocenters. The number of likely N-dealkylation sites (tertiary alicyclic amines) is 2. The van der Waals surface area contributed by atoms with Gasteiger partial charge in [-0.2, -0.15) is 0 Å². The van der Waals surface area contributed by atoms with Crippen LogP contribution in [0, 0.1) is 28.6 Å². The molecule has 0 spiro atoms. The predicted octanol–water partition coefficient (Wildman–Crippen LogP) is 2.84. The molecule has 2 heterocycles. The lowest BCUT2D eigenvalue weighted by molar-refractivity contribution is -0.0118. The Hall–Kier alpha value is -0.520. The van der Waals surface area contributed by atoms with Gasteiger partial charge in [0.05, 0.1) is 13.1 Å². The van der Waals surface area contributed by atoms with Crippen molar-refractivity contribution in [2.45, 2.75) is 46.5 Å². The summed E-state index contributed by atoms with van der Waals surface area (Å²) in [5, 5.41) is 0. The second-order valence-corrected chi connectivity index (χ2v) is 8.02. The van der Waals surface area contributed by atoms with E-state index in [1.807, 2.05) is 0 Å². The summed E-state index contributed by atoms with van der Waals surface area (Å²) in [5.41, 5.74) is 1.03. The topological polar surface area (TPSA) is 6.48 Å². The van der Waals surface area contributed by atoms with E-state index in [-0.39, 0.29) is 0 Å². The molecule has 0 amide bonds. The molecule has 1 saturated carbocycles. The highest BCUT2D eigenvalue weighted by Crippen LogP contribution is 2.58. The summed E-state index contributed by atoms with van der Waals surface area (Å²) < 4.78 is 0. The summed E-state index contributed by atoms with van der Waals surface area (Å²) in [6.07, 6.45) is 5.55. The van der Waals surface area contributed by atoms with Gasteiger partial charge in [-0.1, -0.05) is 32.6 Å². The van der Waals surface area contributed by atoms with Gasteiger partial charge >= 0.3 is 0 Å². The molecular weight excluding hydrogens is 244 g/mol. The maximum absolute atomic E-state index is 3.43. The van der Waals surface area contributed by atoms with E-state index in [2.05, 4.69) is 42.4 Å². The van der Waals surface area contributed by atoms with E-state index in [1.54, 1.807) is 0 Å². The van der Waals surface area contributed by atoms with Crippen LogP contribution in [0.25, 0.3) is 0 Å². The molecule has 2 saturated heterocycles. The first-order chi connectivity index (χ1) is 9.51. The van der Waals surface area contributed by atoms with Crippen molar-refractivity contribution in [2.75, 3.05) is 39.3 Å². The number of hydrogen-bond donors (Lipinski definition) is 0. The van der Waals surface area contributed by atoms with E-state index < -0.39 is 0 Å². The molecule has 3 fully saturated rings. The Morgan fingerprint density at radius 3 is 2.30 bits per heavy atom. The highest BCUT2D eigenvalue weighted by molar-refractivity contribution is 5.09. The molecular formula is C18H30N2. The first-order valence-corrected chi connectivity index (χ1v) is 8.42. The molecule has 20 heavy (non-hydrogen) atoms. The summed E-state index contributed by atoms with van der Waals surface area (Å²) in [5.74, 6) is 7.70. The Bertz CT molecular complexity index is 411. The molecule has 2 atom stereocenters. The van der Waals surface area contributed by atoms with Gasteiger partial charge < -0.3 is 0 Å². The zero-order chi connectivity index (χ0) is 14.2. The lowest BCUT2D eigenvalue weighted by Crippen LogP contribution is -2.52. The molecule has 2 aliphatic heterocycles. The largest absolute Gasteiger partial charge is 0.292 e. The molecule has 3 rings (SSSR count). The summed E-state index contributed by atoms with van der Waals surface area (Å²) in [7, 11) is 0. The van der Waals surface area contributed by atoms with Gasteiger partial charge in [-0.25, -0.2) is 0 Å². The molecule has 2 bridgehead atoms. The Kier molecular flexibility index (Phi) is 3.86. The van der Waals surface area contributed by atoms with Crippen LogP contribution < -0.4 is 0 Å². The van der Waals surface area contributed by atoms with Crippen molar-refractivity contribution >= 4 is 0 Å². The van der Waals surface area contributed by atoms with Crippen molar-refractivity contribution < 1.29 is 0 Å². The summed E-state index contributed by atoms with van der Waals surface area (Å²) >= 11 is 0. The first-order valence-electron chi connectivity index (χ1n) is 8.42. The van der Waals surface area contributed by atoms with Crippen LogP contribution in [-0.2, 0) is 0 Å². The molecule has 1 aliphatic carbocycles. The third-order valence-corrected chi connectivity index (χ3v) is 6.60. The molecule has 112 valence electrons. The second-order valence-electron chi connectivity index (χ2n) is 8.02. The van der Waals surface area contributed by atoms with Gasteiger partial charge in [0.2, 0.25) is 0 Å². The number of hydrogen-bond acceptors (Lipinski definition) is 2. The van der Waals surface area contributed by atoms with Crippen molar-refractivity contribution in [1.82, 2.24) is 9.80 Å². The van der Waals surface area contributed by atoms with Gasteiger partial charge in [0, 0.05) is 13.1 Å². The van der Waals surface area contributed by atoms with E-state index in [4.69, 9.17) is 0 Å². The minimum atomic E-state index is 0.506. The van der Waals surface area contributed by atoms with Crippen LogP contribution in [0.1, 0.15) is 46.5 Å². The average molecular weight is 274 g/mol. The fourth-order valence-corrected chi connectivity index (χ4v) is 4.54. The van der Waals surface area contributed by atoms with Gasteiger partial charge in [-0.3, -0.25) is 9.80 Å². The lowest BCUT2D eigenvalue weighted by atomic mass is 9.63. The highest BCUT2D eigenvalue weighted by Gasteiger charge is 2.55. The SMILES string of the molecule is CC12CCC(CN(CC#CCN3CCCC3)C1)C2(C)C. The molecule has 0 aromatic heterocycles. The highest BCUT2D eigenvalue weighted by atomic mass is 15.2. The Morgan fingerprint density at radius 1 is 1.00 bits per heavy atom. The predicted molar refractivity (Wildman–Crippen MR) is 84.5 cm³/mol. The summed E-state index contributed by atoms with van der Waals surface area (Å²) in [6.45, 7) is 14.5. The van der Waals surface area contributed by atoms with Crippen LogP contribution in [0.3, 0.4) is 0 Å². The molecule has 0 aromatic rings. The quantitative estimate of drug-likeness (QED) is 0.715. The van der Waals surface area contributed by atoms with Crippen molar-refractivity contribution in [1.29, 1.82) is 0 Å². The minimum Gasteiger partial charge on any atom is -0.292 e. The van der Waals surface area contributed by atoms with Crippen molar-refractivity contribution in [3.05, 3.63) is 0 Å². The van der Waals surface area contributed by atoms with Gasteiger partial charge in [0.15, 0.2) is 0 Å². The van der Waals surface area contributed by atoms with Gasteiger partial charge in [0.25, 0.3) is 0 Å². The van der Waals surface area contributed by atoms with E-state index >= 15 is 0 Å². The van der Waals surface area contributed by atoms with Crippen LogP contribution in [-0.4, -0.2) is 49.1 Å². The standard InChI is InChI=1S/C18H30N2/c1-17(2)16-8-9-18(17,3)15-20(14-16)13-7-6-12-19-10-4-5-11-19/h16H,4-5,8-15H2,1-3H3. The van der Waals surface area contributed by atoms with Crippen LogP contribution in [0.15, 0.2) is 0 Å². The zero-order valence-corrected chi connectivity index (χ0v) is 13.5. The Labute approximate surface area is 124 Å². The molecule has 0 radical (unpaired) electrons. The average Bonchev–Trinajstić information content (AvgIpc) is 2.92. The molecule has 2 heteroatoms. The van der Waals surface area contributed by atoms with Gasteiger partial charge in [-0.15, -0.1) is 0 Å². The van der Waals surface area contributed by atoms with Crippen LogP contribution in [0.4, 0.5) is 0 Å². The molecule has 0 N–H and O–H groups in total. The van der Waals surface area contributed by atoms with E-state index in [0.29, 0.717) is 10.8 Å². The van der Waals surface area contributed by atoms with E-state index in [9.17, 15) is 0 Å². The number of fused-ring (bicyclic) bond motifs is 2. The van der Waals surface area contributed by atoms with Crippen LogP contribution in [0.5, 0.6) is 0 Å². The Morgan fingerprint density at radius 2 is 1.65 bits per heavy atom. The number of nitrogens with zero attached hydrogens (tertiary/aromatic N) is 2. The lowest BCUT2D eigenvalue weighted by Gasteiger charge is -2.50. The molecule has 3 aliphatic rings. The third-order valence-electron chi connectivity index (χ3n) is 6.60. The van der Waals surface area contributed by atoms with E-state index in [0.717, 1.165) is 19.0 Å². The number of piperidine rings is 1. The van der Waals surface area contributed by atoms with Gasteiger partial charge in [-0.05, 0) is 55.5 Å². The van der Waals surface area contributed by atoms with Crippen LogP contribution in [0.2, 0.25) is 0 Å². The normalized spacial score (nSPS) is 36.9. The van der Waals surface area contributed by atoms with Crippen molar-refractivity contribution in [2.24, 2.45) is 16.7 Å². The van der Waals surface area contributed by atoms with Crippen molar-refractivity contribution in [3.63, 3.8) is 0 Å². The minimum absolute atomic E-state index is 0.506. The molecule has 0 aromatic carbocycles. The molecule has 2 nitrogen and oxygen atoms in total. The maximum Gasteiger partial charge on any atom is 0.0602 e. The van der Waals surface area contributed by atoms with E-state index in [1.165, 1.54) is 51.9 Å². The first kappa shape index (κ1) is 14.4. The number of rotatable bonds is 2. The zero-order valence-electron chi connectivity index (χ0n) is 13.5. The van der Waals surface area contributed by atoms with Gasteiger partial charge in [0.1, 0.15) is 0 Å². The fraction of sp³-hybridized carbons (Fsp3) is 0.889. The smallest absolute Gasteiger partial charge is 0.0602 e. The fourth-order valence-electron chi connectivity index (χ4n) is 4.54. The third kappa shape index (κ3) is 2.51. The van der Waals surface area contributed by atoms with Crippen LogP contribution >= 0.6 is 0 Å². The van der Waals surface area contributed by atoms with Crippen molar-refractivity contribution in [3.8, 4) is 11.8 Å². The second kappa shape index (κ2) is 5.35. The summed E-state index contributed by atoms with van der Waals surface area (Å²) in [4.78, 5) is 5.09. The maximum atomic E-state index is 3.43. The Balaban J connectivity index is 1.52.